The molecule has 0 radical (unpaired) electrons. The minimum atomic E-state index is -1.07. The number of aliphatic carboxylic acids is 1. The van der Waals surface area contributed by atoms with Gasteiger partial charge in [-0.1, -0.05) is 12.1 Å². The monoisotopic (exact) mass is 278 g/mol. The lowest BCUT2D eigenvalue weighted by molar-refractivity contribution is -0.142. The quantitative estimate of drug-likeness (QED) is 0.639. The fourth-order valence-electron chi connectivity index (χ4n) is 1.76. The van der Waals surface area contributed by atoms with E-state index in [1.807, 2.05) is 0 Å². The number of carboxylic acids is 1. The van der Waals surface area contributed by atoms with Gasteiger partial charge in [0.15, 0.2) is 0 Å². The summed E-state index contributed by atoms with van der Waals surface area (Å²) < 4.78 is 10.0. The Morgan fingerprint density at radius 3 is 2.55 bits per heavy atom. The molecule has 20 heavy (non-hydrogen) atoms. The number of esters is 1. The van der Waals surface area contributed by atoms with Gasteiger partial charge in [0.2, 0.25) is 0 Å². The molecule has 0 saturated carbocycles. The van der Waals surface area contributed by atoms with E-state index in [2.05, 4.69) is 0 Å². The lowest BCUT2D eigenvalue weighted by atomic mass is 9.99. The van der Waals surface area contributed by atoms with Gasteiger partial charge in [0.1, 0.15) is 5.75 Å². The van der Waals surface area contributed by atoms with Crippen molar-refractivity contribution in [2.75, 3.05) is 13.7 Å². The van der Waals surface area contributed by atoms with Crippen molar-refractivity contribution in [1.29, 1.82) is 0 Å². The van der Waals surface area contributed by atoms with Crippen LogP contribution in [0.15, 0.2) is 29.8 Å². The summed E-state index contributed by atoms with van der Waals surface area (Å²) in [5.74, 6) is -1.04. The Labute approximate surface area is 117 Å². The van der Waals surface area contributed by atoms with Crippen LogP contribution in [-0.4, -0.2) is 30.8 Å². The molecule has 0 aliphatic carbocycles. The van der Waals surface area contributed by atoms with Gasteiger partial charge in [0, 0.05) is 0 Å². The van der Waals surface area contributed by atoms with Gasteiger partial charge in [-0.25, -0.2) is 4.79 Å². The highest BCUT2D eigenvalue weighted by Crippen LogP contribution is 2.24. The third kappa shape index (κ3) is 4.12. The highest BCUT2D eigenvalue weighted by atomic mass is 16.5. The highest BCUT2D eigenvalue weighted by molar-refractivity contribution is 6.01. The molecule has 0 heterocycles. The Morgan fingerprint density at radius 2 is 2.00 bits per heavy atom. The number of allylic oxidation sites excluding steroid dienone is 1. The van der Waals surface area contributed by atoms with Crippen LogP contribution in [0.2, 0.25) is 0 Å². The molecular weight excluding hydrogens is 260 g/mol. The summed E-state index contributed by atoms with van der Waals surface area (Å²) in [5, 5.41) is 8.93. The number of hydrogen-bond donors (Lipinski definition) is 1. The fourth-order valence-corrected chi connectivity index (χ4v) is 1.76. The predicted molar refractivity (Wildman–Crippen MR) is 74.5 cm³/mol. The van der Waals surface area contributed by atoms with Gasteiger partial charge >= 0.3 is 11.9 Å². The first kappa shape index (κ1) is 15.8. The maximum atomic E-state index is 11.9. The molecule has 0 unspecified atom stereocenters. The third-order valence-electron chi connectivity index (χ3n) is 2.81. The van der Waals surface area contributed by atoms with Crippen LogP contribution in [0.1, 0.15) is 25.8 Å². The summed E-state index contributed by atoms with van der Waals surface area (Å²) in [6.45, 7) is 3.58. The maximum absolute atomic E-state index is 11.9. The molecule has 0 aromatic heterocycles. The molecule has 0 amide bonds. The second kappa shape index (κ2) is 7.33. The average molecular weight is 278 g/mol. The van der Waals surface area contributed by atoms with Crippen molar-refractivity contribution < 1.29 is 24.2 Å². The number of benzene rings is 1. The van der Waals surface area contributed by atoms with E-state index in [4.69, 9.17) is 14.6 Å². The molecule has 108 valence electrons. The normalized spacial score (nSPS) is 11.6. The number of rotatable bonds is 6. The van der Waals surface area contributed by atoms with Gasteiger partial charge < -0.3 is 14.6 Å². The molecule has 0 fully saturated rings. The van der Waals surface area contributed by atoms with E-state index in [0.29, 0.717) is 11.3 Å². The molecule has 0 atom stereocenters. The van der Waals surface area contributed by atoms with Crippen molar-refractivity contribution >= 4 is 17.5 Å². The topological polar surface area (TPSA) is 72.8 Å². The molecule has 1 aromatic rings. The Bertz CT molecular complexity index is 531. The summed E-state index contributed by atoms with van der Waals surface area (Å²) in [6, 6.07) is 7.09. The van der Waals surface area contributed by atoms with Crippen LogP contribution in [0.25, 0.3) is 5.57 Å². The fraction of sp³-hybridized carbons (Fsp3) is 0.333. The summed E-state index contributed by atoms with van der Waals surface area (Å²) in [6.07, 6.45) is -0.373. The van der Waals surface area contributed by atoms with Gasteiger partial charge in [0.25, 0.3) is 0 Å². The standard InChI is InChI=1S/C15H18O5/c1-4-20-15(18)13(9-14(16)17)10(2)11-6-5-7-12(8-11)19-3/h5-8H,4,9H2,1-3H3,(H,16,17)/b13-10+. The van der Waals surface area contributed by atoms with E-state index < -0.39 is 11.9 Å². The first-order valence-electron chi connectivity index (χ1n) is 6.22. The van der Waals surface area contributed by atoms with Crippen molar-refractivity contribution in [3.63, 3.8) is 0 Å². The molecule has 0 saturated heterocycles. The van der Waals surface area contributed by atoms with Gasteiger partial charge in [-0.15, -0.1) is 0 Å². The molecule has 0 aliphatic rings. The Morgan fingerprint density at radius 1 is 1.30 bits per heavy atom. The smallest absolute Gasteiger partial charge is 0.334 e. The molecule has 1 N–H and O–H groups in total. The van der Waals surface area contributed by atoms with Crippen molar-refractivity contribution in [2.45, 2.75) is 20.3 Å². The van der Waals surface area contributed by atoms with Crippen LogP contribution in [0.4, 0.5) is 0 Å². The van der Waals surface area contributed by atoms with Crippen LogP contribution in [0.3, 0.4) is 0 Å². The van der Waals surface area contributed by atoms with Crippen molar-refractivity contribution in [2.24, 2.45) is 0 Å². The van der Waals surface area contributed by atoms with Gasteiger partial charge in [-0.05, 0) is 37.1 Å². The van der Waals surface area contributed by atoms with Crippen LogP contribution < -0.4 is 4.74 Å². The highest BCUT2D eigenvalue weighted by Gasteiger charge is 2.18. The number of methoxy groups -OCH3 is 1. The van der Waals surface area contributed by atoms with E-state index in [-0.39, 0.29) is 18.6 Å². The van der Waals surface area contributed by atoms with Crippen molar-refractivity contribution in [1.82, 2.24) is 0 Å². The van der Waals surface area contributed by atoms with Crippen molar-refractivity contribution in [3.8, 4) is 5.75 Å². The number of ether oxygens (including phenoxy) is 2. The second-order valence-corrected chi connectivity index (χ2v) is 4.13. The largest absolute Gasteiger partial charge is 0.497 e. The molecular formula is C15H18O5. The summed E-state index contributed by atoms with van der Waals surface area (Å²) in [5.41, 5.74) is 1.45. The van der Waals surface area contributed by atoms with Gasteiger partial charge in [-0.2, -0.15) is 0 Å². The molecule has 5 nitrogen and oxygen atoms in total. The van der Waals surface area contributed by atoms with Gasteiger partial charge in [-0.3, -0.25) is 4.79 Å². The zero-order valence-corrected chi connectivity index (χ0v) is 11.8. The molecule has 5 heteroatoms. The van der Waals surface area contributed by atoms with E-state index in [1.165, 1.54) is 0 Å². The summed E-state index contributed by atoms with van der Waals surface area (Å²) in [7, 11) is 1.54. The molecule has 1 aromatic carbocycles. The Kier molecular flexibility index (Phi) is 5.77. The zero-order valence-electron chi connectivity index (χ0n) is 11.8. The van der Waals surface area contributed by atoms with Crippen LogP contribution in [0, 0.1) is 0 Å². The number of hydrogen-bond acceptors (Lipinski definition) is 4. The summed E-state index contributed by atoms with van der Waals surface area (Å²) >= 11 is 0. The van der Waals surface area contributed by atoms with E-state index in [1.54, 1.807) is 45.2 Å². The lowest BCUT2D eigenvalue weighted by Crippen LogP contribution is -2.13. The van der Waals surface area contributed by atoms with Crippen LogP contribution in [-0.2, 0) is 14.3 Å². The minimum Gasteiger partial charge on any atom is -0.497 e. The SMILES string of the molecule is CCOC(=O)/C(CC(=O)O)=C(\C)c1cccc(OC)c1. The zero-order chi connectivity index (χ0) is 15.1. The second-order valence-electron chi connectivity index (χ2n) is 4.13. The van der Waals surface area contributed by atoms with Crippen LogP contribution in [0.5, 0.6) is 5.75 Å². The molecule has 1 rings (SSSR count). The lowest BCUT2D eigenvalue weighted by Gasteiger charge is -2.11. The first-order valence-corrected chi connectivity index (χ1v) is 6.22. The molecule has 0 aliphatic heterocycles. The number of carbonyl (C=O) groups is 2. The maximum Gasteiger partial charge on any atom is 0.334 e. The Hall–Kier alpha value is -2.30. The molecule has 0 spiro atoms. The van der Waals surface area contributed by atoms with Gasteiger partial charge in [0.05, 0.1) is 25.7 Å². The predicted octanol–water partition coefficient (Wildman–Crippen LogP) is 2.51. The summed E-state index contributed by atoms with van der Waals surface area (Å²) in [4.78, 5) is 22.8. The minimum absolute atomic E-state index is 0.146. The van der Waals surface area contributed by atoms with E-state index in [9.17, 15) is 9.59 Å². The van der Waals surface area contributed by atoms with E-state index in [0.717, 1.165) is 5.56 Å². The molecule has 0 bridgehead atoms. The van der Waals surface area contributed by atoms with Crippen molar-refractivity contribution in [3.05, 3.63) is 35.4 Å². The van der Waals surface area contributed by atoms with E-state index >= 15 is 0 Å². The van der Waals surface area contributed by atoms with Crippen LogP contribution >= 0.6 is 0 Å². The Balaban J connectivity index is 3.23. The third-order valence-corrected chi connectivity index (χ3v) is 2.81. The average Bonchev–Trinajstić information content (AvgIpc) is 2.44. The number of carboxylic acid groups (broad SMARTS) is 1. The first-order chi connectivity index (χ1) is 9.49. The number of carbonyl (C=O) groups excluding carboxylic acids is 1.